The maximum absolute atomic E-state index is 14.7. The lowest BCUT2D eigenvalue weighted by atomic mass is 9.57. The minimum atomic E-state index is -3.88. The number of ether oxygens (including phenoxy) is 1. The van der Waals surface area contributed by atoms with E-state index < -0.39 is 20.6 Å². The number of amides is 2. The Hall–Kier alpha value is -3.07. The number of likely N-dealkylation sites (tertiary alicyclic amines) is 2. The van der Waals surface area contributed by atoms with Crippen molar-refractivity contribution in [2.24, 2.45) is 11.3 Å². The second-order valence-electron chi connectivity index (χ2n) is 12.8. The number of sulfone groups is 1. The van der Waals surface area contributed by atoms with Crippen molar-refractivity contribution < 1.29 is 22.7 Å². The van der Waals surface area contributed by atoms with E-state index in [2.05, 4.69) is 0 Å². The van der Waals surface area contributed by atoms with Crippen molar-refractivity contribution >= 4 is 44.9 Å². The Kier molecular flexibility index (Phi) is 7.26. The lowest BCUT2D eigenvalue weighted by Gasteiger charge is -2.59. The van der Waals surface area contributed by atoms with E-state index in [0.29, 0.717) is 60.3 Å². The number of rotatable bonds is 6. The van der Waals surface area contributed by atoms with E-state index in [1.807, 2.05) is 34.1 Å². The highest BCUT2D eigenvalue weighted by Crippen LogP contribution is 2.56. The minimum Gasteiger partial charge on any atom is -0.489 e. The summed E-state index contributed by atoms with van der Waals surface area (Å²) in [6.45, 7) is 3.57. The summed E-state index contributed by atoms with van der Waals surface area (Å²) in [5, 5.41) is 1.04. The maximum Gasteiger partial charge on any atom is 0.226 e. The quantitative estimate of drug-likeness (QED) is 0.324. The first-order valence-corrected chi connectivity index (χ1v) is 17.3. The van der Waals surface area contributed by atoms with Crippen LogP contribution in [-0.2, 0) is 37.2 Å². The molecule has 0 N–H and O–H groups in total. The number of hydrogen-bond donors (Lipinski definition) is 0. The third-order valence-corrected chi connectivity index (χ3v) is 13.6. The summed E-state index contributed by atoms with van der Waals surface area (Å²) < 4.78 is 34.2. The fourth-order valence-electron chi connectivity index (χ4n) is 8.13. The number of aryl methyl sites for hydroxylation is 1. The van der Waals surface area contributed by atoms with Gasteiger partial charge < -0.3 is 14.5 Å². The average Bonchev–Trinajstić information content (AvgIpc) is 3.37. The predicted molar refractivity (Wildman–Crippen MR) is 168 cm³/mol. The van der Waals surface area contributed by atoms with Gasteiger partial charge in [-0.3, -0.25) is 9.59 Å². The van der Waals surface area contributed by atoms with Crippen molar-refractivity contribution in [2.75, 3.05) is 19.6 Å². The van der Waals surface area contributed by atoms with E-state index in [4.69, 9.17) is 27.9 Å². The first-order chi connectivity index (χ1) is 21.0. The number of hydrogen-bond acceptors (Lipinski definition) is 5. The first kappa shape index (κ1) is 29.6. The molecule has 2 aliphatic carbocycles. The van der Waals surface area contributed by atoms with E-state index >= 15 is 0 Å². The molecule has 1 spiro atoms. The molecule has 0 radical (unpaired) electrons. The molecule has 2 heterocycles. The number of fused-ring (bicyclic) bond motifs is 3. The highest BCUT2D eigenvalue weighted by Gasteiger charge is 2.63. The molecular weight excluding hydrogens is 619 g/mol. The molecule has 0 unspecified atom stereocenters. The normalized spacial score (nSPS) is 23.8. The molecule has 10 heteroatoms. The van der Waals surface area contributed by atoms with Crippen molar-refractivity contribution in [3.05, 3.63) is 93.5 Å². The molecule has 44 heavy (non-hydrogen) atoms. The van der Waals surface area contributed by atoms with Gasteiger partial charge in [0.2, 0.25) is 11.8 Å². The largest absolute Gasteiger partial charge is 0.489 e. The Morgan fingerprint density at radius 2 is 1.68 bits per heavy atom. The second kappa shape index (κ2) is 10.8. The number of halogens is 2. The van der Waals surface area contributed by atoms with Gasteiger partial charge in [0.1, 0.15) is 17.1 Å². The van der Waals surface area contributed by atoms with Crippen LogP contribution < -0.4 is 4.74 Å². The van der Waals surface area contributed by atoms with Crippen molar-refractivity contribution in [2.45, 2.75) is 61.3 Å². The Bertz CT molecular complexity index is 1730. The predicted octanol–water partition coefficient (Wildman–Crippen LogP) is 6.05. The highest BCUT2D eigenvalue weighted by molar-refractivity contribution is 7.92. The summed E-state index contributed by atoms with van der Waals surface area (Å²) >= 11 is 12.7. The number of carbonyl (C=O) groups is 2. The van der Waals surface area contributed by atoms with Crippen molar-refractivity contribution in [3.63, 3.8) is 0 Å². The molecule has 7 nitrogen and oxygen atoms in total. The van der Waals surface area contributed by atoms with E-state index in [1.165, 1.54) is 0 Å². The van der Waals surface area contributed by atoms with Crippen LogP contribution in [-0.4, -0.2) is 55.7 Å². The fraction of sp³-hybridized carbons (Fsp3) is 0.412. The number of nitrogens with zero attached hydrogens (tertiary/aromatic N) is 2. The van der Waals surface area contributed by atoms with E-state index in [9.17, 15) is 18.0 Å². The zero-order valence-electron chi connectivity index (χ0n) is 24.5. The van der Waals surface area contributed by atoms with Crippen LogP contribution in [0.2, 0.25) is 10.0 Å². The molecule has 7 rings (SSSR count). The van der Waals surface area contributed by atoms with E-state index in [-0.39, 0.29) is 34.6 Å². The van der Waals surface area contributed by atoms with Gasteiger partial charge in [0, 0.05) is 53.5 Å². The monoisotopic (exact) mass is 652 g/mol. The van der Waals surface area contributed by atoms with Crippen LogP contribution in [0.3, 0.4) is 0 Å². The van der Waals surface area contributed by atoms with Crippen LogP contribution in [0.4, 0.5) is 0 Å². The van der Waals surface area contributed by atoms with Gasteiger partial charge in [-0.15, -0.1) is 0 Å². The lowest BCUT2D eigenvalue weighted by molar-refractivity contribution is -0.163. The van der Waals surface area contributed by atoms with Gasteiger partial charge in [-0.05, 0) is 79.6 Å². The van der Waals surface area contributed by atoms with Crippen molar-refractivity contribution in [3.8, 4) is 5.75 Å². The molecule has 2 atom stereocenters. The third-order valence-electron chi connectivity index (χ3n) is 10.3. The van der Waals surface area contributed by atoms with Crippen LogP contribution in [0.15, 0.2) is 71.6 Å². The van der Waals surface area contributed by atoms with Crippen LogP contribution in [0.5, 0.6) is 5.75 Å². The second-order valence-corrected chi connectivity index (χ2v) is 15.9. The topological polar surface area (TPSA) is 84.0 Å². The third kappa shape index (κ3) is 4.55. The zero-order chi connectivity index (χ0) is 30.9. The number of carbonyl (C=O) groups excluding carboxylic acids is 2. The summed E-state index contributed by atoms with van der Waals surface area (Å²) in [4.78, 5) is 29.6. The summed E-state index contributed by atoms with van der Waals surface area (Å²) in [5.41, 5.74) is 2.40. The van der Waals surface area contributed by atoms with E-state index in [1.54, 1.807) is 49.4 Å². The average molecular weight is 654 g/mol. The van der Waals surface area contributed by atoms with Gasteiger partial charge >= 0.3 is 0 Å². The number of benzene rings is 3. The molecule has 3 aromatic carbocycles. The fourth-order valence-corrected chi connectivity index (χ4v) is 11.0. The summed E-state index contributed by atoms with van der Waals surface area (Å²) in [5.74, 6) is 0.597. The van der Waals surface area contributed by atoms with Gasteiger partial charge in [0.15, 0.2) is 9.84 Å². The zero-order valence-corrected chi connectivity index (χ0v) is 26.8. The summed E-state index contributed by atoms with van der Waals surface area (Å²) in [6.07, 6.45) is 3.01. The molecule has 3 aromatic rings. The Labute approximate surface area is 268 Å². The summed E-state index contributed by atoms with van der Waals surface area (Å²) in [6, 6.07) is 19.1. The molecule has 0 bridgehead atoms. The Morgan fingerprint density at radius 3 is 2.36 bits per heavy atom. The standard InChI is InChI=1S/C34H34Cl2N2O5S/c1-22(39)37-20-33(21-37)17-24(18-33)32(40)38-15-14-34(44(41,42)26-6-3-2-4-7-26)28-12-11-25(16-23(28)10-13-31(34)38)43-19-27-29(35)8-5-9-30(27)36/h2-9,11-12,16,24,31H,10,13-15,17-21H2,1H3/t31-,34-/m1/s1. The molecule has 2 saturated heterocycles. The molecule has 1 saturated carbocycles. The van der Waals surface area contributed by atoms with Crippen LogP contribution >= 0.6 is 23.2 Å². The van der Waals surface area contributed by atoms with Crippen LogP contribution in [0.25, 0.3) is 0 Å². The lowest BCUT2D eigenvalue weighted by Crippen LogP contribution is -2.65. The maximum atomic E-state index is 14.7. The summed E-state index contributed by atoms with van der Waals surface area (Å²) in [7, 11) is -3.88. The van der Waals surface area contributed by atoms with E-state index in [0.717, 1.165) is 24.0 Å². The Morgan fingerprint density at radius 1 is 0.977 bits per heavy atom. The van der Waals surface area contributed by atoms with Crippen molar-refractivity contribution in [1.29, 1.82) is 0 Å². The van der Waals surface area contributed by atoms with Gasteiger partial charge in [0.25, 0.3) is 0 Å². The molecule has 2 amide bonds. The van der Waals surface area contributed by atoms with Gasteiger partial charge in [0.05, 0.1) is 10.9 Å². The smallest absolute Gasteiger partial charge is 0.226 e. The molecule has 230 valence electrons. The molecule has 3 fully saturated rings. The molecule has 0 aromatic heterocycles. The SMILES string of the molecule is CC(=O)N1CC2(CC(C(=O)N3CC[C@@]4(S(=O)(=O)c5ccccc5)c5ccc(OCc6c(Cl)cccc6Cl)cc5CC[C@@H]34)C2)C1. The van der Waals surface area contributed by atoms with Crippen LogP contribution in [0, 0.1) is 11.3 Å². The van der Waals surface area contributed by atoms with Gasteiger partial charge in [-0.2, -0.15) is 0 Å². The molecular formula is C34H34Cl2N2O5S. The first-order valence-electron chi connectivity index (χ1n) is 15.1. The van der Waals surface area contributed by atoms with Crippen molar-refractivity contribution in [1.82, 2.24) is 9.80 Å². The van der Waals surface area contributed by atoms with Crippen LogP contribution in [0.1, 0.15) is 49.3 Å². The Balaban J connectivity index is 1.19. The molecule has 2 aliphatic heterocycles. The molecule has 4 aliphatic rings. The van der Waals surface area contributed by atoms with Gasteiger partial charge in [-0.25, -0.2) is 8.42 Å². The van der Waals surface area contributed by atoms with Gasteiger partial charge in [-0.1, -0.05) is 53.5 Å². The minimum absolute atomic E-state index is 0.0443. The highest BCUT2D eigenvalue weighted by atomic mass is 35.5.